The van der Waals surface area contributed by atoms with Crippen molar-refractivity contribution in [1.29, 1.82) is 0 Å². The molecule has 0 aromatic heterocycles. The minimum atomic E-state index is -3.52. The van der Waals surface area contributed by atoms with E-state index in [1.54, 1.807) is 30.3 Å². The molecule has 2 aromatic carbocycles. The average Bonchev–Trinajstić information content (AvgIpc) is 2.54. The van der Waals surface area contributed by atoms with Crippen molar-refractivity contribution in [2.75, 3.05) is 11.9 Å². The first-order valence-corrected chi connectivity index (χ1v) is 9.30. The van der Waals surface area contributed by atoms with Gasteiger partial charge in [-0.05, 0) is 25.1 Å². The van der Waals surface area contributed by atoms with Crippen molar-refractivity contribution in [3.8, 4) is 0 Å². The van der Waals surface area contributed by atoms with E-state index in [1.165, 1.54) is 12.1 Å². The SMILES string of the molecule is Cc1ccc(S(=O)(=O)C2CNc3ccc([N+](=O)[O-])cc3S2)cc1. The molecule has 1 aliphatic heterocycles. The van der Waals surface area contributed by atoms with Crippen LogP contribution in [-0.4, -0.2) is 24.5 Å². The standard InChI is InChI=1S/C15H14N2O4S2/c1-10-2-5-12(6-3-10)23(20,21)15-9-16-13-7-4-11(17(18)19)8-14(13)22-15/h2-8,15-16H,9H2,1H3. The summed E-state index contributed by atoms with van der Waals surface area (Å²) in [5.74, 6) is 0. The third kappa shape index (κ3) is 3.04. The Hall–Kier alpha value is -2.06. The summed E-state index contributed by atoms with van der Waals surface area (Å²) in [7, 11) is -3.52. The normalized spacial score (nSPS) is 17.2. The van der Waals surface area contributed by atoms with Crippen LogP contribution in [-0.2, 0) is 9.84 Å². The van der Waals surface area contributed by atoms with E-state index < -0.39 is 19.3 Å². The van der Waals surface area contributed by atoms with Crippen molar-refractivity contribution in [2.45, 2.75) is 21.3 Å². The molecule has 2 aromatic rings. The molecule has 1 unspecified atom stereocenters. The maximum atomic E-state index is 12.7. The highest BCUT2D eigenvalue weighted by molar-refractivity contribution is 8.13. The first kappa shape index (κ1) is 15.8. The molecule has 8 heteroatoms. The van der Waals surface area contributed by atoms with E-state index in [1.807, 2.05) is 6.92 Å². The van der Waals surface area contributed by atoms with Crippen molar-refractivity contribution < 1.29 is 13.3 Å². The molecule has 1 aliphatic rings. The van der Waals surface area contributed by atoms with Crippen LogP contribution in [0.25, 0.3) is 0 Å². The molecule has 3 rings (SSSR count). The van der Waals surface area contributed by atoms with Crippen LogP contribution < -0.4 is 5.32 Å². The fraction of sp³-hybridized carbons (Fsp3) is 0.200. The van der Waals surface area contributed by atoms with Crippen LogP contribution in [0.2, 0.25) is 0 Å². The number of non-ortho nitro benzene ring substituents is 1. The lowest BCUT2D eigenvalue weighted by Crippen LogP contribution is -2.29. The van der Waals surface area contributed by atoms with E-state index in [2.05, 4.69) is 5.32 Å². The molecule has 0 fully saturated rings. The first-order chi connectivity index (χ1) is 10.9. The van der Waals surface area contributed by atoms with E-state index in [0.717, 1.165) is 23.0 Å². The van der Waals surface area contributed by atoms with E-state index in [9.17, 15) is 18.5 Å². The summed E-state index contributed by atoms with van der Waals surface area (Å²) >= 11 is 1.14. The van der Waals surface area contributed by atoms with Crippen LogP contribution >= 0.6 is 11.8 Å². The Bertz CT molecular complexity index is 864. The second kappa shape index (κ2) is 5.86. The zero-order valence-corrected chi connectivity index (χ0v) is 13.9. The highest BCUT2D eigenvalue weighted by Crippen LogP contribution is 2.40. The van der Waals surface area contributed by atoms with Crippen molar-refractivity contribution in [1.82, 2.24) is 0 Å². The largest absolute Gasteiger partial charge is 0.382 e. The third-order valence-electron chi connectivity index (χ3n) is 3.59. The summed E-state index contributed by atoms with van der Waals surface area (Å²) in [6.45, 7) is 2.15. The maximum absolute atomic E-state index is 12.7. The molecule has 0 spiro atoms. The zero-order chi connectivity index (χ0) is 16.6. The Morgan fingerprint density at radius 2 is 1.91 bits per heavy atom. The van der Waals surface area contributed by atoms with E-state index in [4.69, 9.17) is 0 Å². The predicted octanol–water partition coefficient (Wildman–Crippen LogP) is 3.22. The summed E-state index contributed by atoms with van der Waals surface area (Å²) in [5.41, 5.74) is 1.65. The minimum Gasteiger partial charge on any atom is -0.382 e. The Morgan fingerprint density at radius 1 is 1.22 bits per heavy atom. The number of rotatable bonds is 3. The number of thioether (sulfide) groups is 1. The van der Waals surface area contributed by atoms with E-state index >= 15 is 0 Å². The number of nitro benzene ring substituents is 1. The fourth-order valence-electron chi connectivity index (χ4n) is 2.30. The topological polar surface area (TPSA) is 89.3 Å². The molecule has 23 heavy (non-hydrogen) atoms. The monoisotopic (exact) mass is 350 g/mol. The number of hydrogen-bond acceptors (Lipinski definition) is 6. The molecule has 0 saturated carbocycles. The van der Waals surface area contributed by atoms with Gasteiger partial charge in [-0.25, -0.2) is 8.42 Å². The second-order valence-electron chi connectivity index (χ2n) is 5.22. The van der Waals surface area contributed by atoms with Gasteiger partial charge in [0.25, 0.3) is 5.69 Å². The van der Waals surface area contributed by atoms with Gasteiger partial charge in [-0.1, -0.05) is 17.7 Å². The summed E-state index contributed by atoms with van der Waals surface area (Å²) in [6.07, 6.45) is 0. The molecule has 0 radical (unpaired) electrons. The quantitative estimate of drug-likeness (QED) is 0.675. The lowest BCUT2D eigenvalue weighted by atomic mass is 10.2. The smallest absolute Gasteiger partial charge is 0.270 e. The van der Waals surface area contributed by atoms with Crippen LogP contribution in [0.5, 0.6) is 0 Å². The van der Waals surface area contributed by atoms with Crippen molar-refractivity contribution >= 4 is 33.0 Å². The van der Waals surface area contributed by atoms with Crippen molar-refractivity contribution in [3.05, 3.63) is 58.1 Å². The second-order valence-corrected chi connectivity index (χ2v) is 8.90. The molecule has 120 valence electrons. The molecule has 1 atom stereocenters. The van der Waals surface area contributed by atoms with Crippen LogP contribution in [0, 0.1) is 17.0 Å². The first-order valence-electron chi connectivity index (χ1n) is 6.87. The van der Waals surface area contributed by atoms with Gasteiger partial charge in [-0.3, -0.25) is 10.1 Å². The van der Waals surface area contributed by atoms with Crippen LogP contribution in [0.15, 0.2) is 52.3 Å². The Morgan fingerprint density at radius 3 is 2.57 bits per heavy atom. The number of benzene rings is 2. The summed E-state index contributed by atoms with van der Waals surface area (Å²) in [5, 5.41) is 13.9. The van der Waals surface area contributed by atoms with E-state index in [0.29, 0.717) is 4.90 Å². The molecule has 0 bridgehead atoms. The number of nitrogens with one attached hydrogen (secondary N) is 1. The van der Waals surface area contributed by atoms with Crippen LogP contribution in [0.1, 0.15) is 5.56 Å². The lowest BCUT2D eigenvalue weighted by molar-refractivity contribution is -0.385. The van der Waals surface area contributed by atoms with Crippen LogP contribution in [0.4, 0.5) is 11.4 Å². The third-order valence-corrected chi connectivity index (χ3v) is 7.45. The summed E-state index contributed by atoms with van der Waals surface area (Å²) in [4.78, 5) is 11.2. The van der Waals surface area contributed by atoms with Gasteiger partial charge in [0.1, 0.15) is 4.58 Å². The van der Waals surface area contributed by atoms with Gasteiger partial charge in [0, 0.05) is 29.3 Å². The van der Waals surface area contributed by atoms with Gasteiger partial charge in [0.2, 0.25) is 0 Å². The summed E-state index contributed by atoms with van der Waals surface area (Å²) < 4.78 is 24.7. The van der Waals surface area contributed by atoms with Crippen LogP contribution in [0.3, 0.4) is 0 Å². The Kier molecular flexibility index (Phi) is 4.03. The van der Waals surface area contributed by atoms with Crippen molar-refractivity contribution in [2.24, 2.45) is 0 Å². The van der Waals surface area contributed by atoms with Gasteiger partial charge < -0.3 is 5.32 Å². The highest BCUT2D eigenvalue weighted by atomic mass is 32.3. The molecule has 0 amide bonds. The van der Waals surface area contributed by atoms with Gasteiger partial charge in [-0.15, -0.1) is 11.8 Å². The number of nitro groups is 1. The minimum absolute atomic E-state index is 0.0496. The number of hydrogen-bond donors (Lipinski definition) is 1. The highest BCUT2D eigenvalue weighted by Gasteiger charge is 2.32. The lowest BCUT2D eigenvalue weighted by Gasteiger charge is -2.25. The zero-order valence-electron chi connectivity index (χ0n) is 12.2. The molecule has 0 saturated heterocycles. The molecular formula is C15H14N2O4S2. The molecule has 1 N–H and O–H groups in total. The molecule has 6 nitrogen and oxygen atoms in total. The Balaban J connectivity index is 1.93. The number of aryl methyl sites for hydroxylation is 1. The fourth-order valence-corrected chi connectivity index (χ4v) is 5.48. The van der Waals surface area contributed by atoms with E-state index in [-0.39, 0.29) is 17.1 Å². The summed E-state index contributed by atoms with van der Waals surface area (Å²) in [6, 6.07) is 11.1. The predicted molar refractivity (Wildman–Crippen MR) is 89.6 cm³/mol. The van der Waals surface area contributed by atoms with Crippen molar-refractivity contribution in [3.63, 3.8) is 0 Å². The number of anilines is 1. The Labute approximate surface area is 138 Å². The number of sulfone groups is 1. The number of fused-ring (bicyclic) bond motifs is 1. The van der Waals surface area contributed by atoms with Gasteiger partial charge >= 0.3 is 0 Å². The molecular weight excluding hydrogens is 336 g/mol. The van der Waals surface area contributed by atoms with Gasteiger partial charge in [0.05, 0.1) is 9.82 Å². The average molecular weight is 350 g/mol. The van der Waals surface area contributed by atoms with Gasteiger partial charge in [-0.2, -0.15) is 0 Å². The van der Waals surface area contributed by atoms with Gasteiger partial charge in [0.15, 0.2) is 9.84 Å². The molecule has 0 aliphatic carbocycles. The number of nitrogens with zero attached hydrogens (tertiary/aromatic N) is 1. The molecule has 1 heterocycles. The maximum Gasteiger partial charge on any atom is 0.270 e.